The van der Waals surface area contributed by atoms with Gasteiger partial charge in [-0.15, -0.1) is 0 Å². The molecule has 9 aromatic carbocycles. The summed E-state index contributed by atoms with van der Waals surface area (Å²) in [4.78, 5) is 0. The molecule has 6 bridgehead atoms. The van der Waals surface area contributed by atoms with Crippen molar-refractivity contribution in [2.24, 2.45) is 0 Å². The maximum atomic E-state index is 2.59. The standard InChI is InChI=1S/C60H54Si3/c1-7-28-55(29-8-1)61(56-30-9-2-10-31-56)43-49-22-19-24-51(40-49)45-62(57-32-11-3-12-33-57,58-34-13-4-14-35-58)47-53-26-21-27-54(42-53)48-63(59-36-15-5-16-37-59,60-38-17-6-18-39-60)46-52-25-20-23-50(41-52)44-61/h1-42H,43-48H2. The van der Waals surface area contributed by atoms with Crippen molar-refractivity contribution in [2.75, 3.05) is 0 Å². The Balaban J connectivity index is 1.24. The van der Waals surface area contributed by atoms with Gasteiger partial charge in [-0.1, -0.05) is 286 Å². The quantitative estimate of drug-likeness (QED) is 0.146. The van der Waals surface area contributed by atoms with Crippen LogP contribution in [0.15, 0.2) is 255 Å². The van der Waals surface area contributed by atoms with Crippen molar-refractivity contribution in [3.8, 4) is 0 Å². The molecular weight excluding hydrogens is 805 g/mol. The first-order valence-electron chi connectivity index (χ1n) is 22.7. The number of benzene rings is 9. The van der Waals surface area contributed by atoms with Gasteiger partial charge in [-0.25, -0.2) is 0 Å². The van der Waals surface area contributed by atoms with Crippen molar-refractivity contribution in [3.05, 3.63) is 288 Å². The Hall–Kier alpha value is -6.37. The van der Waals surface area contributed by atoms with Gasteiger partial charge in [0.2, 0.25) is 0 Å². The Morgan fingerprint density at radius 2 is 0.333 bits per heavy atom. The Morgan fingerprint density at radius 3 is 0.492 bits per heavy atom. The van der Waals surface area contributed by atoms with Crippen LogP contribution in [-0.2, 0) is 36.3 Å². The van der Waals surface area contributed by atoms with E-state index in [2.05, 4.69) is 255 Å². The summed E-state index contributed by atoms with van der Waals surface area (Å²) in [6.45, 7) is 0. The monoisotopic (exact) mass is 858 g/mol. The molecule has 0 atom stereocenters. The SMILES string of the molecule is c1ccc([Si]2(c3ccccc3)Cc3cccc(c3)C[Si](c3ccccc3)(c3ccccc3)Cc3cccc(c3)C[Si](c3ccccc3)(c3ccccc3)Cc3cccc(c3)C2)cc1. The van der Waals surface area contributed by atoms with Crippen LogP contribution in [0.2, 0.25) is 0 Å². The van der Waals surface area contributed by atoms with Gasteiger partial charge in [-0.3, -0.25) is 0 Å². The van der Waals surface area contributed by atoms with Crippen molar-refractivity contribution in [3.63, 3.8) is 0 Å². The number of hydrogen-bond donors (Lipinski definition) is 0. The molecule has 0 saturated heterocycles. The van der Waals surface area contributed by atoms with Gasteiger partial charge in [0.05, 0.1) is 0 Å². The van der Waals surface area contributed by atoms with E-state index in [-0.39, 0.29) is 0 Å². The fraction of sp³-hybridized carbons (Fsp3) is 0.100. The molecule has 0 nitrogen and oxygen atoms in total. The number of rotatable bonds is 6. The average Bonchev–Trinajstić information content (AvgIpc) is 3.35. The van der Waals surface area contributed by atoms with Crippen LogP contribution in [0.5, 0.6) is 0 Å². The van der Waals surface area contributed by atoms with E-state index in [0.717, 1.165) is 36.3 Å². The van der Waals surface area contributed by atoms with E-state index in [4.69, 9.17) is 0 Å². The zero-order chi connectivity index (χ0) is 42.4. The van der Waals surface area contributed by atoms with Crippen molar-refractivity contribution < 1.29 is 0 Å². The third-order valence-corrected chi connectivity index (χ3v) is 28.7. The summed E-state index contributed by atoms with van der Waals surface area (Å²) < 4.78 is 0. The highest BCUT2D eigenvalue weighted by atomic mass is 28.3. The van der Waals surface area contributed by atoms with E-state index >= 15 is 0 Å². The molecule has 0 unspecified atom stereocenters. The lowest BCUT2D eigenvalue weighted by Gasteiger charge is -2.36. The van der Waals surface area contributed by atoms with E-state index in [9.17, 15) is 0 Å². The maximum absolute atomic E-state index is 2.59. The Morgan fingerprint density at radius 1 is 0.175 bits per heavy atom. The molecule has 0 radical (unpaired) electrons. The fourth-order valence-corrected chi connectivity index (χ4v) is 25.4. The van der Waals surface area contributed by atoms with Crippen molar-refractivity contribution in [1.82, 2.24) is 0 Å². The molecule has 0 N–H and O–H groups in total. The van der Waals surface area contributed by atoms with Gasteiger partial charge >= 0.3 is 0 Å². The van der Waals surface area contributed by atoms with Gasteiger partial charge in [0.1, 0.15) is 24.2 Å². The summed E-state index contributed by atoms with van der Waals surface area (Å²) in [5, 5.41) is 8.97. The molecule has 9 aromatic rings. The van der Waals surface area contributed by atoms with Gasteiger partial charge < -0.3 is 0 Å². The van der Waals surface area contributed by atoms with Gasteiger partial charge in [0.25, 0.3) is 0 Å². The summed E-state index contributed by atoms with van der Waals surface area (Å²) in [5.74, 6) is 0. The molecule has 1 heterocycles. The lowest BCUT2D eigenvalue weighted by atomic mass is 10.1. The molecule has 10 rings (SSSR count). The molecule has 1 aliphatic rings. The van der Waals surface area contributed by atoms with E-state index < -0.39 is 24.2 Å². The third kappa shape index (κ3) is 8.45. The lowest BCUT2D eigenvalue weighted by molar-refractivity contribution is 1.17. The van der Waals surface area contributed by atoms with Gasteiger partial charge in [-0.2, -0.15) is 0 Å². The van der Waals surface area contributed by atoms with E-state index in [1.165, 1.54) is 64.5 Å². The summed E-state index contributed by atoms with van der Waals surface area (Å²) in [7, 11) is -7.45. The van der Waals surface area contributed by atoms with E-state index in [1.54, 1.807) is 0 Å². The minimum atomic E-state index is -2.48. The molecule has 63 heavy (non-hydrogen) atoms. The van der Waals surface area contributed by atoms with Crippen molar-refractivity contribution in [1.29, 1.82) is 0 Å². The highest BCUT2D eigenvalue weighted by Gasteiger charge is 2.42. The van der Waals surface area contributed by atoms with E-state index in [0.29, 0.717) is 0 Å². The number of hydrogen-bond acceptors (Lipinski definition) is 0. The maximum Gasteiger partial charge on any atom is 0.126 e. The minimum absolute atomic E-state index is 1.03. The van der Waals surface area contributed by atoms with Crippen molar-refractivity contribution >= 4 is 55.3 Å². The zero-order valence-corrected chi connectivity index (χ0v) is 39.0. The van der Waals surface area contributed by atoms with Crippen LogP contribution in [0.3, 0.4) is 0 Å². The average molecular weight is 859 g/mol. The Kier molecular flexibility index (Phi) is 11.7. The van der Waals surface area contributed by atoms with Gasteiger partial charge in [0.15, 0.2) is 0 Å². The highest BCUT2D eigenvalue weighted by Crippen LogP contribution is 2.27. The molecule has 0 fully saturated rings. The second-order valence-corrected chi connectivity index (χ2v) is 30.0. The van der Waals surface area contributed by atoms with Crippen LogP contribution >= 0.6 is 0 Å². The van der Waals surface area contributed by atoms with E-state index in [1.807, 2.05) is 0 Å². The molecule has 0 saturated carbocycles. The van der Waals surface area contributed by atoms with Gasteiger partial charge in [-0.05, 0) is 69.6 Å². The molecule has 0 aromatic heterocycles. The predicted molar refractivity (Wildman–Crippen MR) is 275 cm³/mol. The second-order valence-electron chi connectivity index (χ2n) is 18.0. The summed E-state index contributed by atoms with van der Waals surface area (Å²) in [6.07, 6.45) is 0. The smallest absolute Gasteiger partial charge is 0.0626 e. The van der Waals surface area contributed by atoms with Crippen molar-refractivity contribution in [2.45, 2.75) is 36.3 Å². The van der Waals surface area contributed by atoms with Crippen LogP contribution in [0.1, 0.15) is 33.4 Å². The second kappa shape index (κ2) is 18.2. The fourth-order valence-electron chi connectivity index (χ4n) is 11.1. The normalized spacial score (nSPS) is 15.6. The first kappa shape index (κ1) is 40.7. The van der Waals surface area contributed by atoms with Crippen LogP contribution < -0.4 is 31.1 Å². The first-order valence-corrected chi connectivity index (χ1v) is 29.9. The molecule has 306 valence electrons. The van der Waals surface area contributed by atoms with Crippen LogP contribution in [0.25, 0.3) is 0 Å². The van der Waals surface area contributed by atoms with Crippen LogP contribution in [-0.4, -0.2) is 24.2 Å². The molecule has 0 spiro atoms. The summed E-state index contributed by atoms with van der Waals surface area (Å²) in [6, 6.07) is 105. The molecule has 0 aliphatic carbocycles. The lowest BCUT2D eigenvalue weighted by Crippen LogP contribution is -2.63. The van der Waals surface area contributed by atoms with Crippen LogP contribution in [0.4, 0.5) is 0 Å². The highest BCUT2D eigenvalue weighted by molar-refractivity contribution is 7.02. The Labute approximate surface area is 377 Å². The zero-order valence-electron chi connectivity index (χ0n) is 36.0. The third-order valence-electron chi connectivity index (χ3n) is 14.0. The number of fused-ring (bicyclic) bond motifs is 6. The summed E-state index contributed by atoms with van der Waals surface area (Å²) in [5.41, 5.74) is 8.64. The molecule has 1 aliphatic heterocycles. The summed E-state index contributed by atoms with van der Waals surface area (Å²) >= 11 is 0. The Bertz CT molecular complexity index is 2370. The van der Waals surface area contributed by atoms with Gasteiger partial charge in [0, 0.05) is 0 Å². The van der Waals surface area contributed by atoms with Crippen LogP contribution in [0, 0.1) is 0 Å². The predicted octanol–water partition coefficient (Wildman–Crippen LogP) is 9.38. The molecular formula is C60H54Si3. The first-order chi connectivity index (χ1) is 31.1. The topological polar surface area (TPSA) is 0 Å². The minimum Gasteiger partial charge on any atom is -0.0626 e. The largest absolute Gasteiger partial charge is 0.126 e. The molecule has 3 heteroatoms. The molecule has 0 amide bonds.